The summed E-state index contributed by atoms with van der Waals surface area (Å²) in [6.07, 6.45) is 2.92. The van der Waals surface area contributed by atoms with Gasteiger partial charge in [-0.05, 0) is 44.5 Å². The minimum atomic E-state index is -3.61. The summed E-state index contributed by atoms with van der Waals surface area (Å²) in [4.78, 5) is 16.0. The second kappa shape index (κ2) is 6.49. The van der Waals surface area contributed by atoms with E-state index in [2.05, 4.69) is 10.3 Å². The van der Waals surface area contributed by atoms with Crippen molar-refractivity contribution in [3.63, 3.8) is 0 Å². The van der Waals surface area contributed by atoms with Gasteiger partial charge in [0.25, 0.3) is 0 Å². The van der Waals surface area contributed by atoms with E-state index in [0.717, 1.165) is 13.0 Å². The zero-order valence-electron chi connectivity index (χ0n) is 14.9. The van der Waals surface area contributed by atoms with Crippen LogP contribution in [-0.2, 0) is 15.1 Å². The molecular formula is C19H18ClF3N2O2. The van der Waals surface area contributed by atoms with E-state index >= 15 is 8.78 Å². The third-order valence-electron chi connectivity index (χ3n) is 4.88. The molecule has 8 heteroatoms. The Kier molecular flexibility index (Phi) is 4.72. The van der Waals surface area contributed by atoms with E-state index in [-0.39, 0.29) is 5.56 Å². The highest BCUT2D eigenvalue weighted by atomic mass is 35.5. The van der Waals surface area contributed by atoms with Crippen LogP contribution in [0.5, 0.6) is 0 Å². The molecule has 144 valence electrons. The number of alkyl halides is 2. The summed E-state index contributed by atoms with van der Waals surface area (Å²) < 4.78 is 50.6. The summed E-state index contributed by atoms with van der Waals surface area (Å²) in [6.45, 7) is 2.90. The lowest BCUT2D eigenvalue weighted by Gasteiger charge is -2.43. The maximum Gasteiger partial charge on any atom is 0.302 e. The Morgan fingerprint density at radius 3 is 2.52 bits per heavy atom. The Hall–Kier alpha value is -2.12. The largest absolute Gasteiger partial charge is 0.359 e. The maximum atomic E-state index is 15.4. The van der Waals surface area contributed by atoms with Gasteiger partial charge in [-0.2, -0.15) is 0 Å². The molecule has 1 amide bonds. The molecule has 2 aromatic rings. The number of rotatable bonds is 2. The molecule has 1 fully saturated rings. The molecule has 1 aromatic heterocycles. The van der Waals surface area contributed by atoms with Gasteiger partial charge in [-0.25, -0.2) is 13.2 Å². The molecule has 0 radical (unpaired) electrons. The first-order valence-corrected chi connectivity index (χ1v) is 8.59. The van der Waals surface area contributed by atoms with E-state index in [1.165, 1.54) is 38.4 Å². The van der Waals surface area contributed by atoms with Crippen molar-refractivity contribution in [2.45, 2.75) is 37.8 Å². The van der Waals surface area contributed by atoms with Crippen LogP contribution in [0.25, 0.3) is 11.1 Å². The van der Waals surface area contributed by atoms with Crippen LogP contribution in [-0.4, -0.2) is 29.0 Å². The summed E-state index contributed by atoms with van der Waals surface area (Å²) in [5.41, 5.74) is -3.70. The molecule has 1 aliphatic rings. The van der Waals surface area contributed by atoms with E-state index in [1.54, 1.807) is 6.07 Å². The standard InChI is InChI=1S/C19H18ClF3N2O2/c1-17(2)19(22,23)18(3,25-16(26)10-27-17)14-7-11(4-5-15(14)21)12-6-13(20)9-24-8-12/h4-9H,10H2,1-3H3,(H,25,26)/t18-/m1/s1. The Labute approximate surface area is 159 Å². The van der Waals surface area contributed by atoms with Crippen LogP contribution in [0.15, 0.2) is 36.7 Å². The van der Waals surface area contributed by atoms with Crippen molar-refractivity contribution >= 4 is 17.5 Å². The van der Waals surface area contributed by atoms with Gasteiger partial charge in [0.15, 0.2) is 0 Å². The Morgan fingerprint density at radius 1 is 1.15 bits per heavy atom. The number of carbonyl (C=O) groups is 1. The van der Waals surface area contributed by atoms with Crippen LogP contribution >= 0.6 is 11.6 Å². The fourth-order valence-electron chi connectivity index (χ4n) is 3.23. The van der Waals surface area contributed by atoms with Gasteiger partial charge in [-0.3, -0.25) is 9.78 Å². The number of nitrogens with zero attached hydrogens (tertiary/aromatic N) is 1. The molecule has 0 saturated carbocycles. The van der Waals surface area contributed by atoms with Crippen LogP contribution in [0.1, 0.15) is 26.3 Å². The number of benzene rings is 1. The molecule has 1 atom stereocenters. The van der Waals surface area contributed by atoms with Gasteiger partial charge in [0.05, 0.1) is 5.02 Å². The van der Waals surface area contributed by atoms with Crippen molar-refractivity contribution < 1.29 is 22.7 Å². The normalized spacial score (nSPS) is 24.2. The van der Waals surface area contributed by atoms with Crippen molar-refractivity contribution in [1.29, 1.82) is 0 Å². The number of ether oxygens (including phenoxy) is 1. The molecule has 0 bridgehead atoms. The van der Waals surface area contributed by atoms with Crippen LogP contribution in [0.2, 0.25) is 5.02 Å². The van der Waals surface area contributed by atoms with Crippen molar-refractivity contribution in [2.75, 3.05) is 6.61 Å². The van der Waals surface area contributed by atoms with Crippen LogP contribution in [0, 0.1) is 5.82 Å². The van der Waals surface area contributed by atoms with Gasteiger partial charge < -0.3 is 10.1 Å². The average molecular weight is 399 g/mol. The number of carbonyl (C=O) groups excluding carboxylic acids is 1. The second-order valence-corrected chi connectivity index (χ2v) is 7.57. The van der Waals surface area contributed by atoms with Crippen molar-refractivity contribution in [3.8, 4) is 11.1 Å². The third kappa shape index (κ3) is 3.19. The lowest BCUT2D eigenvalue weighted by Crippen LogP contribution is -2.62. The van der Waals surface area contributed by atoms with Gasteiger partial charge >= 0.3 is 5.92 Å². The first kappa shape index (κ1) is 19.6. The molecule has 1 saturated heterocycles. The van der Waals surface area contributed by atoms with E-state index in [1.807, 2.05) is 0 Å². The number of pyridine rings is 1. The van der Waals surface area contributed by atoms with Crippen molar-refractivity contribution in [2.24, 2.45) is 0 Å². The van der Waals surface area contributed by atoms with Gasteiger partial charge in [0, 0.05) is 23.5 Å². The highest BCUT2D eigenvalue weighted by Crippen LogP contribution is 2.48. The first-order valence-electron chi connectivity index (χ1n) is 8.22. The van der Waals surface area contributed by atoms with Crippen LogP contribution < -0.4 is 5.32 Å². The quantitative estimate of drug-likeness (QED) is 0.819. The molecule has 1 N–H and O–H groups in total. The second-order valence-electron chi connectivity index (χ2n) is 7.13. The molecular weight excluding hydrogens is 381 g/mol. The topological polar surface area (TPSA) is 51.2 Å². The number of nitrogens with one attached hydrogen (secondary N) is 1. The lowest BCUT2D eigenvalue weighted by atomic mass is 9.77. The molecule has 1 aliphatic heterocycles. The number of hydrogen-bond donors (Lipinski definition) is 1. The highest BCUT2D eigenvalue weighted by molar-refractivity contribution is 6.30. The van der Waals surface area contributed by atoms with Gasteiger partial charge in [-0.1, -0.05) is 17.7 Å². The minimum absolute atomic E-state index is 0.350. The molecule has 0 spiro atoms. The summed E-state index contributed by atoms with van der Waals surface area (Å²) >= 11 is 5.94. The Morgan fingerprint density at radius 2 is 1.85 bits per heavy atom. The summed E-state index contributed by atoms with van der Waals surface area (Å²) in [5.74, 6) is -5.23. The molecule has 4 nitrogen and oxygen atoms in total. The summed E-state index contributed by atoms with van der Waals surface area (Å²) in [5, 5.41) is 2.61. The van der Waals surface area contributed by atoms with E-state index in [0.29, 0.717) is 16.1 Å². The average Bonchev–Trinajstić information content (AvgIpc) is 2.65. The minimum Gasteiger partial charge on any atom is -0.359 e. The SMILES string of the molecule is CC1(C)OCC(=O)N[C@](C)(c2cc(-c3cncc(Cl)c3)ccc2F)C1(F)F. The number of aromatic nitrogens is 1. The molecule has 0 unspecified atom stereocenters. The van der Waals surface area contributed by atoms with Gasteiger partial charge in [-0.15, -0.1) is 0 Å². The van der Waals surface area contributed by atoms with Crippen molar-refractivity contribution in [3.05, 3.63) is 53.1 Å². The summed E-state index contributed by atoms with van der Waals surface area (Å²) in [6, 6.07) is 5.38. The summed E-state index contributed by atoms with van der Waals surface area (Å²) in [7, 11) is 0. The van der Waals surface area contributed by atoms with E-state index in [9.17, 15) is 9.18 Å². The number of hydrogen-bond acceptors (Lipinski definition) is 3. The Balaban J connectivity index is 2.21. The molecule has 2 heterocycles. The lowest BCUT2D eigenvalue weighted by molar-refractivity contribution is -0.216. The molecule has 0 aliphatic carbocycles. The molecule has 3 rings (SSSR count). The zero-order chi connectivity index (χ0) is 20.0. The van der Waals surface area contributed by atoms with Crippen LogP contribution in [0.4, 0.5) is 13.2 Å². The first-order chi connectivity index (χ1) is 12.5. The fourth-order valence-corrected chi connectivity index (χ4v) is 3.40. The molecule has 27 heavy (non-hydrogen) atoms. The predicted octanol–water partition coefficient (Wildman–Crippen LogP) is 4.32. The third-order valence-corrected chi connectivity index (χ3v) is 5.09. The smallest absolute Gasteiger partial charge is 0.302 e. The predicted molar refractivity (Wildman–Crippen MR) is 95.1 cm³/mol. The highest BCUT2D eigenvalue weighted by Gasteiger charge is 2.64. The van der Waals surface area contributed by atoms with Gasteiger partial charge in [0.2, 0.25) is 5.91 Å². The van der Waals surface area contributed by atoms with E-state index < -0.39 is 35.4 Å². The number of halogens is 4. The van der Waals surface area contributed by atoms with Crippen molar-refractivity contribution in [1.82, 2.24) is 10.3 Å². The monoisotopic (exact) mass is 398 g/mol. The van der Waals surface area contributed by atoms with Gasteiger partial charge in [0.1, 0.15) is 23.6 Å². The zero-order valence-corrected chi connectivity index (χ0v) is 15.7. The van der Waals surface area contributed by atoms with Crippen LogP contribution in [0.3, 0.4) is 0 Å². The Bertz CT molecular complexity index is 904. The maximum absolute atomic E-state index is 15.4. The van der Waals surface area contributed by atoms with E-state index in [4.69, 9.17) is 16.3 Å². The molecule has 1 aromatic carbocycles. The number of amides is 1. The fraction of sp³-hybridized carbons (Fsp3) is 0.368.